The Morgan fingerprint density at radius 3 is 2.33 bits per heavy atom. The first-order chi connectivity index (χ1) is 8.54. The molecule has 0 aliphatic heterocycles. The van der Waals surface area contributed by atoms with Gasteiger partial charge in [0.2, 0.25) is 0 Å². The Morgan fingerprint density at radius 1 is 1.22 bits per heavy atom. The Hall–Kier alpha value is -1.02. The van der Waals surface area contributed by atoms with Gasteiger partial charge in [0.1, 0.15) is 6.61 Å². The number of esters is 1. The number of carbonyl (C=O) groups is 1. The molecule has 0 radical (unpaired) electrons. The maximum absolute atomic E-state index is 11.7. The third kappa shape index (κ3) is 4.69. The molecule has 0 bridgehead atoms. The van der Waals surface area contributed by atoms with Gasteiger partial charge in [0.15, 0.2) is 0 Å². The second-order valence-corrected chi connectivity index (χ2v) is 5.30. The maximum atomic E-state index is 11.7. The molecule has 0 unspecified atom stereocenters. The number of halogens is 1. The Balaban J connectivity index is 2.63. The van der Waals surface area contributed by atoms with Gasteiger partial charge >= 0.3 is 5.97 Å². The van der Waals surface area contributed by atoms with Gasteiger partial charge in [-0.3, -0.25) is 4.79 Å². The highest BCUT2D eigenvalue weighted by Crippen LogP contribution is 2.18. The van der Waals surface area contributed by atoms with E-state index in [9.17, 15) is 4.79 Å². The van der Waals surface area contributed by atoms with E-state index in [1.165, 1.54) is 5.56 Å². The minimum Gasteiger partial charge on any atom is -0.464 e. The summed E-state index contributed by atoms with van der Waals surface area (Å²) in [5, 5.41) is 0. The van der Waals surface area contributed by atoms with Crippen molar-refractivity contribution in [3.05, 3.63) is 35.4 Å². The predicted molar refractivity (Wildman–Crippen MR) is 75.1 cm³/mol. The van der Waals surface area contributed by atoms with Crippen molar-refractivity contribution < 1.29 is 9.53 Å². The van der Waals surface area contributed by atoms with Gasteiger partial charge in [0.25, 0.3) is 0 Å². The number of carbonyl (C=O) groups excluding carboxylic acids is 1. The van der Waals surface area contributed by atoms with Crippen LogP contribution >= 0.6 is 11.6 Å². The quantitative estimate of drug-likeness (QED) is 0.580. The fraction of sp³-hybridized carbons (Fsp3) is 0.533. The Bertz CT molecular complexity index is 371. The summed E-state index contributed by atoms with van der Waals surface area (Å²) in [4.78, 5) is 11.7. The molecule has 1 atom stereocenters. The number of rotatable bonds is 6. The minimum atomic E-state index is -0.235. The van der Waals surface area contributed by atoms with Crippen LogP contribution in [0, 0.1) is 5.92 Å². The summed E-state index contributed by atoms with van der Waals surface area (Å²) in [6.07, 6.45) is 1.06. The summed E-state index contributed by atoms with van der Waals surface area (Å²) < 4.78 is 5.03. The number of ether oxygens (including phenoxy) is 1. The van der Waals surface area contributed by atoms with Gasteiger partial charge in [-0.15, -0.1) is 11.6 Å². The Morgan fingerprint density at radius 2 is 1.83 bits per heavy atom. The summed E-state index contributed by atoms with van der Waals surface area (Å²) in [6, 6.07) is 8.18. The average Bonchev–Trinajstić information content (AvgIpc) is 2.35. The molecule has 2 nitrogen and oxygen atoms in total. The summed E-state index contributed by atoms with van der Waals surface area (Å²) in [6.45, 7) is 6.52. The largest absolute Gasteiger partial charge is 0.464 e. The first-order valence-electron chi connectivity index (χ1n) is 6.36. The van der Waals surface area contributed by atoms with Crippen LogP contribution in [0.15, 0.2) is 24.3 Å². The molecule has 0 heterocycles. The van der Waals surface area contributed by atoms with E-state index in [0.29, 0.717) is 11.8 Å². The molecule has 100 valence electrons. The second-order valence-electron chi connectivity index (χ2n) is 4.92. The van der Waals surface area contributed by atoms with Crippen LogP contribution in [0.5, 0.6) is 0 Å². The third-order valence-corrected chi connectivity index (χ3v) is 2.95. The van der Waals surface area contributed by atoms with Gasteiger partial charge in [-0.1, -0.05) is 38.1 Å². The van der Waals surface area contributed by atoms with E-state index < -0.39 is 0 Å². The van der Waals surface area contributed by atoms with Gasteiger partial charge in [0.05, 0.1) is 11.8 Å². The monoisotopic (exact) mass is 268 g/mol. The van der Waals surface area contributed by atoms with E-state index in [4.69, 9.17) is 16.3 Å². The van der Waals surface area contributed by atoms with Crippen LogP contribution in [0.2, 0.25) is 0 Å². The lowest BCUT2D eigenvalue weighted by molar-refractivity contribution is -0.144. The maximum Gasteiger partial charge on any atom is 0.313 e. The fourth-order valence-corrected chi connectivity index (χ4v) is 1.89. The topological polar surface area (TPSA) is 26.3 Å². The third-order valence-electron chi connectivity index (χ3n) is 2.80. The van der Waals surface area contributed by atoms with Gasteiger partial charge < -0.3 is 4.74 Å². The van der Waals surface area contributed by atoms with Crippen LogP contribution in [0.3, 0.4) is 0 Å². The summed E-state index contributed by atoms with van der Waals surface area (Å²) in [5.41, 5.74) is 2.29. The Labute approximate surface area is 114 Å². The van der Waals surface area contributed by atoms with Crippen molar-refractivity contribution in [2.24, 2.45) is 5.92 Å². The molecule has 1 rings (SSSR count). The van der Waals surface area contributed by atoms with Crippen LogP contribution in [0.4, 0.5) is 0 Å². The van der Waals surface area contributed by atoms with Crippen molar-refractivity contribution in [2.75, 3.05) is 12.5 Å². The highest BCUT2D eigenvalue weighted by Gasteiger charge is 2.16. The molecule has 0 saturated heterocycles. The van der Waals surface area contributed by atoms with Crippen LogP contribution in [0.25, 0.3) is 0 Å². The normalized spacial score (nSPS) is 12.5. The molecule has 18 heavy (non-hydrogen) atoms. The lowest BCUT2D eigenvalue weighted by Gasteiger charge is -2.12. The number of hydrogen-bond donors (Lipinski definition) is 0. The molecule has 0 aromatic heterocycles. The van der Waals surface area contributed by atoms with Crippen molar-refractivity contribution in [3.8, 4) is 0 Å². The smallest absolute Gasteiger partial charge is 0.313 e. The van der Waals surface area contributed by atoms with Crippen molar-refractivity contribution in [2.45, 2.75) is 33.1 Å². The van der Waals surface area contributed by atoms with E-state index in [-0.39, 0.29) is 18.5 Å². The molecule has 0 saturated carbocycles. The zero-order chi connectivity index (χ0) is 13.5. The highest BCUT2D eigenvalue weighted by atomic mass is 35.5. The number of benzene rings is 1. The van der Waals surface area contributed by atoms with Crippen molar-refractivity contribution in [1.82, 2.24) is 0 Å². The van der Waals surface area contributed by atoms with E-state index in [0.717, 1.165) is 12.0 Å². The standard InChI is InChI=1S/C15H21ClO2/c1-11(2)10-13-4-6-14(7-5-13)12(3)15(17)18-9-8-16/h4-7,11-12H,8-10H2,1-3H3/t12-/m0/s1. The summed E-state index contributed by atoms with van der Waals surface area (Å²) in [7, 11) is 0. The van der Waals surface area contributed by atoms with E-state index in [1.807, 2.05) is 19.1 Å². The molecule has 3 heteroatoms. The van der Waals surface area contributed by atoms with Crippen LogP contribution in [-0.4, -0.2) is 18.5 Å². The lowest BCUT2D eigenvalue weighted by Crippen LogP contribution is -2.14. The molecular weight excluding hydrogens is 248 g/mol. The fourth-order valence-electron chi connectivity index (χ4n) is 1.81. The first-order valence-corrected chi connectivity index (χ1v) is 6.89. The zero-order valence-corrected chi connectivity index (χ0v) is 12.0. The molecular formula is C15H21ClO2. The predicted octanol–water partition coefficient (Wildman–Crippen LogP) is 3.77. The minimum absolute atomic E-state index is 0.216. The van der Waals surface area contributed by atoms with Crippen molar-refractivity contribution >= 4 is 17.6 Å². The van der Waals surface area contributed by atoms with Gasteiger partial charge in [0, 0.05) is 0 Å². The SMILES string of the molecule is CC(C)Cc1ccc([C@H](C)C(=O)OCCCl)cc1. The molecule has 1 aromatic carbocycles. The lowest BCUT2D eigenvalue weighted by atomic mass is 9.97. The molecule has 0 aliphatic carbocycles. The number of alkyl halides is 1. The van der Waals surface area contributed by atoms with E-state index >= 15 is 0 Å². The summed E-state index contributed by atoms with van der Waals surface area (Å²) in [5.74, 6) is 0.529. The van der Waals surface area contributed by atoms with E-state index in [2.05, 4.69) is 26.0 Å². The first kappa shape index (κ1) is 15.0. The molecule has 1 aromatic rings. The van der Waals surface area contributed by atoms with Crippen molar-refractivity contribution in [3.63, 3.8) is 0 Å². The highest BCUT2D eigenvalue weighted by molar-refractivity contribution is 6.18. The van der Waals surface area contributed by atoms with Crippen LogP contribution < -0.4 is 0 Å². The number of hydrogen-bond acceptors (Lipinski definition) is 2. The van der Waals surface area contributed by atoms with Gasteiger partial charge in [-0.2, -0.15) is 0 Å². The average molecular weight is 269 g/mol. The van der Waals surface area contributed by atoms with E-state index in [1.54, 1.807) is 0 Å². The van der Waals surface area contributed by atoms with Gasteiger partial charge in [-0.25, -0.2) is 0 Å². The molecule has 0 aliphatic rings. The van der Waals surface area contributed by atoms with Crippen LogP contribution in [0.1, 0.15) is 37.8 Å². The Kier molecular flexibility index (Phi) is 6.20. The second kappa shape index (κ2) is 7.42. The van der Waals surface area contributed by atoms with Gasteiger partial charge in [-0.05, 0) is 30.4 Å². The van der Waals surface area contributed by atoms with Crippen molar-refractivity contribution in [1.29, 1.82) is 0 Å². The molecule has 0 spiro atoms. The summed E-state index contributed by atoms with van der Waals surface area (Å²) >= 11 is 5.49. The zero-order valence-electron chi connectivity index (χ0n) is 11.3. The molecule has 0 N–H and O–H groups in total. The van der Waals surface area contributed by atoms with Crippen LogP contribution in [-0.2, 0) is 16.0 Å². The molecule has 0 fully saturated rings. The molecule has 0 amide bonds.